The van der Waals surface area contributed by atoms with E-state index in [4.69, 9.17) is 14.6 Å². The molecule has 232 valence electrons. The first kappa shape index (κ1) is 30.0. The minimum Gasteiger partial charge on any atom is -0.478 e. The average Bonchev–Trinajstić information content (AvgIpc) is 3.37. The predicted molar refractivity (Wildman–Crippen MR) is 162 cm³/mol. The maximum Gasteiger partial charge on any atom is 0.335 e. The van der Waals surface area contributed by atoms with Crippen molar-refractivity contribution in [3.05, 3.63) is 88.4 Å². The Morgan fingerprint density at radius 2 is 1.73 bits per heavy atom. The predicted octanol–water partition coefficient (Wildman–Crippen LogP) is 5.95. The normalized spacial score (nSPS) is 20.3. The highest BCUT2D eigenvalue weighted by Crippen LogP contribution is 2.38. The third kappa shape index (κ3) is 6.42. The maximum absolute atomic E-state index is 15.2. The summed E-state index contributed by atoms with van der Waals surface area (Å²) in [5.74, 6) is -0.267. The highest BCUT2D eigenvalue weighted by molar-refractivity contribution is 5.87. The van der Waals surface area contributed by atoms with Crippen LogP contribution in [0.15, 0.2) is 54.6 Å². The number of hydrogen-bond donors (Lipinski definition) is 1. The summed E-state index contributed by atoms with van der Waals surface area (Å²) < 4.78 is 26.6. The van der Waals surface area contributed by atoms with Crippen LogP contribution in [0.1, 0.15) is 64.5 Å². The number of carbonyl (C=O) groups is 2. The second-order valence-corrected chi connectivity index (χ2v) is 12.1. The lowest BCUT2D eigenvalue weighted by Gasteiger charge is -2.39. The van der Waals surface area contributed by atoms with Crippen LogP contribution < -0.4 is 4.74 Å². The van der Waals surface area contributed by atoms with E-state index in [1.54, 1.807) is 18.2 Å². The van der Waals surface area contributed by atoms with Gasteiger partial charge in [-0.05, 0) is 75.4 Å². The molecule has 0 aliphatic carbocycles. The Morgan fingerprint density at radius 3 is 2.41 bits per heavy atom. The smallest absolute Gasteiger partial charge is 0.335 e. The van der Waals surface area contributed by atoms with Crippen molar-refractivity contribution < 1.29 is 28.6 Å². The molecular weight excluding hydrogens is 563 g/mol. The van der Waals surface area contributed by atoms with Crippen molar-refractivity contribution >= 4 is 12.0 Å². The number of likely N-dealkylation sites (tertiary alicyclic amines) is 1. The third-order valence-corrected chi connectivity index (χ3v) is 9.15. The molecule has 0 saturated carbocycles. The van der Waals surface area contributed by atoms with Gasteiger partial charge in [-0.25, -0.2) is 19.0 Å². The third-order valence-electron chi connectivity index (χ3n) is 9.15. The lowest BCUT2D eigenvalue weighted by molar-refractivity contribution is 0.0493. The monoisotopic (exact) mass is 602 g/mol. The molecule has 0 bridgehead atoms. The fourth-order valence-electron chi connectivity index (χ4n) is 6.69. The average molecular weight is 603 g/mol. The number of halogens is 1. The van der Waals surface area contributed by atoms with E-state index in [1.807, 2.05) is 41.8 Å². The minimum atomic E-state index is -0.983. The van der Waals surface area contributed by atoms with E-state index in [0.717, 1.165) is 62.1 Å². The molecule has 9 nitrogen and oxygen atoms in total. The summed E-state index contributed by atoms with van der Waals surface area (Å²) >= 11 is 0. The number of rotatable bonds is 8. The zero-order valence-corrected chi connectivity index (χ0v) is 25.2. The number of benzene rings is 2. The molecule has 1 unspecified atom stereocenters. The van der Waals surface area contributed by atoms with Gasteiger partial charge in [-0.3, -0.25) is 4.90 Å². The van der Waals surface area contributed by atoms with Crippen molar-refractivity contribution in [1.29, 1.82) is 0 Å². The van der Waals surface area contributed by atoms with Gasteiger partial charge in [0.25, 0.3) is 0 Å². The molecule has 0 radical (unpaired) electrons. The van der Waals surface area contributed by atoms with Crippen LogP contribution in [-0.4, -0.2) is 81.7 Å². The van der Waals surface area contributed by atoms with E-state index in [2.05, 4.69) is 9.88 Å². The molecule has 1 aromatic heterocycles. The van der Waals surface area contributed by atoms with Crippen molar-refractivity contribution in [2.45, 2.75) is 64.2 Å². The maximum atomic E-state index is 15.2. The number of pyridine rings is 1. The number of nitrogens with zero attached hydrogens (tertiary/aromatic N) is 4. The van der Waals surface area contributed by atoms with Crippen LogP contribution in [0.3, 0.4) is 0 Å². The van der Waals surface area contributed by atoms with Crippen LogP contribution in [0.5, 0.6) is 11.6 Å². The van der Waals surface area contributed by atoms with Crippen molar-refractivity contribution in [3.8, 4) is 11.6 Å². The summed E-state index contributed by atoms with van der Waals surface area (Å²) in [4.78, 5) is 36.0. The van der Waals surface area contributed by atoms with E-state index < -0.39 is 5.97 Å². The largest absolute Gasteiger partial charge is 0.478 e. The topological polar surface area (TPSA) is 95.4 Å². The molecule has 3 aliphatic heterocycles. The molecule has 3 aliphatic rings. The molecule has 10 heteroatoms. The molecule has 0 spiro atoms. The molecule has 3 saturated heterocycles. The van der Waals surface area contributed by atoms with Crippen LogP contribution in [0, 0.1) is 19.7 Å². The van der Waals surface area contributed by atoms with Crippen LogP contribution in [0.2, 0.25) is 0 Å². The molecule has 1 N–H and O–H groups in total. The van der Waals surface area contributed by atoms with E-state index >= 15 is 4.39 Å². The Kier molecular flexibility index (Phi) is 8.81. The molecule has 44 heavy (non-hydrogen) atoms. The van der Waals surface area contributed by atoms with Crippen LogP contribution in [-0.2, 0) is 11.3 Å². The first-order valence-electron chi connectivity index (χ1n) is 15.4. The number of aromatic nitrogens is 1. The fourth-order valence-corrected chi connectivity index (χ4v) is 6.69. The highest BCUT2D eigenvalue weighted by atomic mass is 19.1. The number of carboxylic acid groups (broad SMARTS) is 1. The number of carbonyl (C=O) groups excluding carboxylic acids is 1. The van der Waals surface area contributed by atoms with Gasteiger partial charge in [-0.15, -0.1) is 0 Å². The van der Waals surface area contributed by atoms with E-state index in [9.17, 15) is 9.59 Å². The molecular formula is C34H39FN4O5. The summed E-state index contributed by atoms with van der Waals surface area (Å²) in [5.41, 5.74) is 3.76. The molecule has 4 heterocycles. The van der Waals surface area contributed by atoms with Gasteiger partial charge in [0.15, 0.2) is 0 Å². The highest BCUT2D eigenvalue weighted by Gasteiger charge is 2.46. The summed E-state index contributed by atoms with van der Waals surface area (Å²) in [6.07, 6.45) is 3.26. The second-order valence-electron chi connectivity index (χ2n) is 12.1. The number of amides is 2. The first-order chi connectivity index (χ1) is 21.3. The van der Waals surface area contributed by atoms with Crippen molar-refractivity contribution in [3.63, 3.8) is 0 Å². The molecule has 3 fully saturated rings. The molecule has 1 atom stereocenters. The second kappa shape index (κ2) is 12.9. The van der Waals surface area contributed by atoms with Gasteiger partial charge in [-0.1, -0.05) is 23.8 Å². The summed E-state index contributed by atoms with van der Waals surface area (Å²) in [6, 6.07) is 15.2. The van der Waals surface area contributed by atoms with Crippen molar-refractivity contribution in [2.24, 2.45) is 0 Å². The fraction of sp³-hybridized carbons (Fsp3) is 0.441. The van der Waals surface area contributed by atoms with Crippen molar-refractivity contribution in [1.82, 2.24) is 19.7 Å². The molecule has 2 amide bonds. The minimum absolute atomic E-state index is 0.0227. The van der Waals surface area contributed by atoms with E-state index in [-0.39, 0.29) is 35.5 Å². The summed E-state index contributed by atoms with van der Waals surface area (Å²) in [5, 5.41) is 9.09. The van der Waals surface area contributed by atoms with Gasteiger partial charge in [0.1, 0.15) is 11.6 Å². The summed E-state index contributed by atoms with van der Waals surface area (Å²) in [6.45, 7) is 8.11. The summed E-state index contributed by atoms with van der Waals surface area (Å²) in [7, 11) is 0. The standard InChI is InChI=1S/C34H39FN4O5/c1-22-3-9-30(35)29(19-22)31-21-38(26-13-17-43-18-14-26)34(42)39(31)27-11-15-37(16-12-27)20-25-6-10-32(36-23(25)2)44-28-7-4-24(5-8-28)33(40)41/h3-10,19,26-27,31H,11-18,20-21H2,1-2H3,(H,40,41). The Labute approximate surface area is 257 Å². The molecule has 3 aromatic rings. The lowest BCUT2D eigenvalue weighted by atomic mass is 9.97. The zero-order chi connectivity index (χ0) is 30.8. The van der Waals surface area contributed by atoms with Crippen LogP contribution >= 0.6 is 0 Å². The molecule has 2 aromatic carbocycles. The number of carboxylic acids is 1. The number of ether oxygens (including phenoxy) is 2. The number of hydrogen-bond acceptors (Lipinski definition) is 6. The first-order valence-corrected chi connectivity index (χ1v) is 15.4. The van der Waals surface area contributed by atoms with Gasteiger partial charge in [0.2, 0.25) is 5.88 Å². The van der Waals surface area contributed by atoms with Gasteiger partial charge in [0.05, 0.1) is 11.6 Å². The van der Waals surface area contributed by atoms with Gasteiger partial charge in [0, 0.05) is 68.8 Å². The van der Waals surface area contributed by atoms with E-state index in [1.165, 1.54) is 18.2 Å². The number of piperidine rings is 1. The van der Waals surface area contributed by atoms with Crippen LogP contribution in [0.25, 0.3) is 0 Å². The molecule has 6 rings (SSSR count). The zero-order valence-electron chi connectivity index (χ0n) is 25.2. The Balaban J connectivity index is 1.11. The van der Waals surface area contributed by atoms with Crippen LogP contribution in [0.4, 0.5) is 9.18 Å². The van der Waals surface area contributed by atoms with E-state index in [0.29, 0.717) is 37.0 Å². The Morgan fingerprint density at radius 1 is 1.00 bits per heavy atom. The Bertz CT molecular complexity index is 1500. The quantitative estimate of drug-likeness (QED) is 0.341. The number of aromatic carboxylic acids is 1. The number of urea groups is 1. The Hall–Kier alpha value is -4.02. The number of aryl methyl sites for hydroxylation is 2. The lowest BCUT2D eigenvalue weighted by Crippen LogP contribution is -2.48. The van der Waals surface area contributed by atoms with Gasteiger partial charge < -0.3 is 24.4 Å². The van der Waals surface area contributed by atoms with Gasteiger partial charge >= 0.3 is 12.0 Å². The van der Waals surface area contributed by atoms with Gasteiger partial charge in [-0.2, -0.15) is 0 Å². The van der Waals surface area contributed by atoms with Crippen molar-refractivity contribution in [2.75, 3.05) is 32.8 Å². The SMILES string of the molecule is Cc1ccc(F)c(C2CN(C3CCOCC3)C(=O)N2C2CCN(Cc3ccc(Oc4ccc(C(=O)O)cc4)nc3C)CC2)c1.